The van der Waals surface area contributed by atoms with Gasteiger partial charge in [0, 0.05) is 10.5 Å². The highest BCUT2D eigenvalue weighted by Gasteiger charge is 2.18. The second-order valence-electron chi connectivity index (χ2n) is 3.17. The van der Waals surface area contributed by atoms with Crippen molar-refractivity contribution in [2.75, 3.05) is 10.5 Å². The number of aromatic nitrogens is 1. The van der Waals surface area contributed by atoms with Crippen LogP contribution in [0.25, 0.3) is 0 Å². The second-order valence-corrected chi connectivity index (χ2v) is 5.74. The first kappa shape index (κ1) is 11.9. The summed E-state index contributed by atoms with van der Waals surface area (Å²) in [6.45, 7) is 0. The van der Waals surface area contributed by atoms with Crippen molar-refractivity contribution in [3.63, 3.8) is 0 Å². The van der Waals surface area contributed by atoms with Crippen LogP contribution in [0.15, 0.2) is 44.4 Å². The van der Waals surface area contributed by atoms with Gasteiger partial charge in [-0.25, -0.2) is 8.42 Å². The Morgan fingerprint density at radius 1 is 1.35 bits per heavy atom. The van der Waals surface area contributed by atoms with Crippen LogP contribution in [0, 0.1) is 0 Å². The minimum Gasteiger partial charge on any atom is -0.398 e. The first-order valence-electron chi connectivity index (χ1n) is 4.47. The number of nitrogens with one attached hydrogen (secondary N) is 1. The molecule has 1 heterocycles. The highest BCUT2D eigenvalue weighted by atomic mass is 79.9. The molecule has 0 bridgehead atoms. The van der Waals surface area contributed by atoms with E-state index in [0.29, 0.717) is 4.47 Å². The zero-order chi connectivity index (χ0) is 12.5. The van der Waals surface area contributed by atoms with Crippen molar-refractivity contribution in [2.45, 2.75) is 4.90 Å². The van der Waals surface area contributed by atoms with Gasteiger partial charge in [-0.05, 0) is 18.2 Å². The monoisotopic (exact) mass is 317 g/mol. The largest absolute Gasteiger partial charge is 0.398 e. The number of nitrogens with two attached hydrogens (primary N) is 1. The number of benzene rings is 1. The van der Waals surface area contributed by atoms with Gasteiger partial charge in [0.1, 0.15) is 11.2 Å². The molecule has 0 amide bonds. The summed E-state index contributed by atoms with van der Waals surface area (Å²) in [7, 11) is -3.75. The molecule has 0 saturated carbocycles. The average molecular weight is 318 g/mol. The molecule has 0 aliphatic heterocycles. The molecule has 1 aromatic heterocycles. The van der Waals surface area contributed by atoms with Gasteiger partial charge in [-0.15, -0.1) is 0 Å². The second kappa shape index (κ2) is 4.38. The minimum atomic E-state index is -3.75. The summed E-state index contributed by atoms with van der Waals surface area (Å²) in [5, 5.41) is 3.46. The standard InChI is InChI=1S/C9H8BrN3O3S/c10-6-1-2-8(7(11)5-6)17(14,15)13-9-3-4-16-12-9/h1-5H,11H2,(H,12,13). The van der Waals surface area contributed by atoms with E-state index in [0.717, 1.165) is 0 Å². The first-order valence-corrected chi connectivity index (χ1v) is 6.75. The summed E-state index contributed by atoms with van der Waals surface area (Å²) < 4.78 is 31.4. The number of halogens is 1. The fourth-order valence-electron chi connectivity index (χ4n) is 1.22. The molecule has 6 nitrogen and oxygen atoms in total. The van der Waals surface area contributed by atoms with Crippen molar-refractivity contribution in [2.24, 2.45) is 0 Å². The van der Waals surface area contributed by atoms with Crippen LogP contribution in [0.3, 0.4) is 0 Å². The van der Waals surface area contributed by atoms with Crippen LogP contribution < -0.4 is 10.5 Å². The molecule has 0 saturated heterocycles. The number of sulfonamides is 1. The Morgan fingerprint density at radius 3 is 2.71 bits per heavy atom. The summed E-state index contributed by atoms with van der Waals surface area (Å²) in [6.07, 6.45) is 1.27. The van der Waals surface area contributed by atoms with Crippen molar-refractivity contribution >= 4 is 37.5 Å². The van der Waals surface area contributed by atoms with Crippen molar-refractivity contribution in [3.05, 3.63) is 35.0 Å². The molecule has 0 unspecified atom stereocenters. The molecule has 3 N–H and O–H groups in total. The molecule has 0 fully saturated rings. The van der Waals surface area contributed by atoms with Gasteiger partial charge in [-0.3, -0.25) is 4.72 Å². The average Bonchev–Trinajstić information content (AvgIpc) is 2.68. The Hall–Kier alpha value is -1.54. The number of rotatable bonds is 3. The van der Waals surface area contributed by atoms with Crippen LogP contribution in [0.4, 0.5) is 11.5 Å². The first-order chi connectivity index (χ1) is 7.99. The van der Waals surface area contributed by atoms with E-state index in [1.54, 1.807) is 6.07 Å². The van der Waals surface area contributed by atoms with Crippen LogP contribution in [0.1, 0.15) is 0 Å². The summed E-state index contributed by atoms with van der Waals surface area (Å²) in [5.74, 6) is 0.104. The van der Waals surface area contributed by atoms with E-state index in [1.165, 1.54) is 24.5 Å². The lowest BCUT2D eigenvalue weighted by molar-refractivity contribution is 0.423. The van der Waals surface area contributed by atoms with Crippen molar-refractivity contribution in [3.8, 4) is 0 Å². The van der Waals surface area contributed by atoms with Crippen molar-refractivity contribution in [1.29, 1.82) is 0 Å². The van der Waals surface area contributed by atoms with E-state index >= 15 is 0 Å². The topological polar surface area (TPSA) is 98.2 Å². The van der Waals surface area contributed by atoms with Gasteiger partial charge in [0.2, 0.25) is 0 Å². The van der Waals surface area contributed by atoms with E-state index in [2.05, 4.69) is 30.3 Å². The summed E-state index contributed by atoms with van der Waals surface area (Å²) in [5.41, 5.74) is 5.79. The lowest BCUT2D eigenvalue weighted by Crippen LogP contribution is -2.14. The van der Waals surface area contributed by atoms with Crippen molar-refractivity contribution < 1.29 is 12.9 Å². The number of hydrogen-bond acceptors (Lipinski definition) is 5. The third kappa shape index (κ3) is 2.59. The maximum atomic E-state index is 11.9. The van der Waals surface area contributed by atoms with Gasteiger partial charge in [0.25, 0.3) is 10.0 Å². The maximum Gasteiger partial charge on any atom is 0.265 e. The summed E-state index contributed by atoms with van der Waals surface area (Å²) in [6, 6.07) is 5.90. The molecular formula is C9H8BrN3O3S. The van der Waals surface area contributed by atoms with Crippen molar-refractivity contribution in [1.82, 2.24) is 5.16 Å². The highest BCUT2D eigenvalue weighted by Crippen LogP contribution is 2.24. The molecule has 8 heteroatoms. The molecule has 0 aliphatic rings. The predicted octanol–water partition coefficient (Wildman–Crippen LogP) is 1.82. The number of anilines is 2. The SMILES string of the molecule is Nc1cc(Br)ccc1S(=O)(=O)Nc1ccon1. The smallest absolute Gasteiger partial charge is 0.265 e. The summed E-state index contributed by atoms with van der Waals surface area (Å²) in [4.78, 5) is -0.0105. The molecule has 0 aliphatic carbocycles. The number of nitrogen functional groups attached to an aromatic ring is 1. The molecule has 90 valence electrons. The number of nitrogens with zero attached hydrogens (tertiary/aromatic N) is 1. The Kier molecular flexibility index (Phi) is 3.07. The normalized spacial score (nSPS) is 11.4. The van der Waals surface area contributed by atoms with E-state index < -0.39 is 10.0 Å². The molecule has 1 aromatic carbocycles. The fourth-order valence-corrected chi connectivity index (χ4v) is 2.71. The van der Waals surface area contributed by atoms with Gasteiger partial charge in [-0.2, -0.15) is 0 Å². The van der Waals surface area contributed by atoms with E-state index in [-0.39, 0.29) is 16.4 Å². The number of hydrogen-bond donors (Lipinski definition) is 2. The lowest BCUT2D eigenvalue weighted by Gasteiger charge is -2.07. The maximum absolute atomic E-state index is 11.9. The summed E-state index contributed by atoms with van der Waals surface area (Å²) >= 11 is 3.20. The van der Waals surface area contributed by atoms with E-state index in [9.17, 15) is 8.42 Å². The van der Waals surface area contributed by atoms with Crippen LogP contribution in [-0.4, -0.2) is 13.6 Å². The highest BCUT2D eigenvalue weighted by molar-refractivity contribution is 9.10. The molecule has 2 rings (SSSR count). The lowest BCUT2D eigenvalue weighted by atomic mass is 10.3. The molecule has 0 radical (unpaired) electrons. The van der Waals surface area contributed by atoms with E-state index in [1.807, 2.05) is 0 Å². The van der Waals surface area contributed by atoms with E-state index in [4.69, 9.17) is 5.73 Å². The Labute approximate surface area is 106 Å². The molecule has 0 spiro atoms. The van der Waals surface area contributed by atoms with Gasteiger partial charge in [0.15, 0.2) is 5.82 Å². The van der Waals surface area contributed by atoms with Crippen LogP contribution >= 0.6 is 15.9 Å². The van der Waals surface area contributed by atoms with Crippen LogP contribution in [-0.2, 0) is 10.0 Å². The zero-order valence-corrected chi connectivity index (χ0v) is 10.8. The minimum absolute atomic E-state index is 0.0105. The zero-order valence-electron chi connectivity index (χ0n) is 8.42. The Balaban J connectivity index is 2.38. The van der Waals surface area contributed by atoms with Crippen LogP contribution in [0.2, 0.25) is 0 Å². The third-order valence-corrected chi connectivity index (χ3v) is 3.86. The molecular weight excluding hydrogens is 310 g/mol. The fraction of sp³-hybridized carbons (Fsp3) is 0. The molecule has 0 atom stereocenters. The van der Waals surface area contributed by atoms with Gasteiger partial charge in [-0.1, -0.05) is 21.1 Å². The predicted molar refractivity (Wildman–Crippen MR) is 65.9 cm³/mol. The van der Waals surface area contributed by atoms with Gasteiger partial charge in [0.05, 0.1) is 5.69 Å². The van der Waals surface area contributed by atoms with Gasteiger partial charge < -0.3 is 10.3 Å². The third-order valence-electron chi connectivity index (χ3n) is 1.94. The Morgan fingerprint density at radius 2 is 2.12 bits per heavy atom. The molecule has 17 heavy (non-hydrogen) atoms. The Bertz CT molecular complexity index is 625. The molecule has 2 aromatic rings. The van der Waals surface area contributed by atoms with Crippen LogP contribution in [0.5, 0.6) is 0 Å². The van der Waals surface area contributed by atoms with Gasteiger partial charge >= 0.3 is 0 Å². The quantitative estimate of drug-likeness (QED) is 0.841.